The van der Waals surface area contributed by atoms with E-state index < -0.39 is 0 Å². The SMILES string of the molecule is C=C(CCC=C(C)C)[C@@H]1CC=C(C=O)CC1. The number of carbonyl (C=O) groups excluding carboxylic acids is 1. The Morgan fingerprint density at radius 3 is 2.81 bits per heavy atom. The van der Waals surface area contributed by atoms with Crippen molar-refractivity contribution in [3.05, 3.63) is 35.5 Å². The van der Waals surface area contributed by atoms with Gasteiger partial charge in [0.15, 0.2) is 0 Å². The van der Waals surface area contributed by atoms with Crippen molar-refractivity contribution in [2.75, 3.05) is 0 Å². The Balaban J connectivity index is 2.36. The van der Waals surface area contributed by atoms with Gasteiger partial charge in [0.1, 0.15) is 6.29 Å². The standard InChI is InChI=1S/C15H22O/c1-12(2)5-4-6-13(3)15-9-7-14(11-16)8-10-15/h5,7,11,15H,3-4,6,8-10H2,1-2H3/t15-/m1/s1. The molecule has 1 aliphatic carbocycles. The maximum atomic E-state index is 10.6. The van der Waals surface area contributed by atoms with Gasteiger partial charge in [0.2, 0.25) is 0 Å². The average molecular weight is 218 g/mol. The number of allylic oxidation sites excluding steroid dienone is 5. The molecule has 0 bridgehead atoms. The van der Waals surface area contributed by atoms with Crippen LogP contribution in [0.15, 0.2) is 35.5 Å². The van der Waals surface area contributed by atoms with Crippen LogP contribution in [0.25, 0.3) is 0 Å². The Labute approximate surface area is 98.9 Å². The van der Waals surface area contributed by atoms with E-state index in [-0.39, 0.29) is 0 Å². The summed E-state index contributed by atoms with van der Waals surface area (Å²) in [6.45, 7) is 8.43. The maximum absolute atomic E-state index is 10.6. The Hall–Kier alpha value is -1.11. The number of rotatable bonds is 5. The quantitative estimate of drug-likeness (QED) is 0.499. The van der Waals surface area contributed by atoms with Gasteiger partial charge in [-0.05, 0) is 57.4 Å². The first-order valence-corrected chi connectivity index (χ1v) is 6.08. The normalized spacial score (nSPS) is 19.9. The third kappa shape index (κ3) is 4.18. The second-order valence-corrected chi connectivity index (χ2v) is 4.85. The van der Waals surface area contributed by atoms with E-state index in [0.29, 0.717) is 5.92 Å². The zero-order valence-corrected chi connectivity index (χ0v) is 10.5. The summed E-state index contributed by atoms with van der Waals surface area (Å²) in [5, 5.41) is 0. The monoisotopic (exact) mass is 218 g/mol. The molecule has 0 saturated heterocycles. The lowest BCUT2D eigenvalue weighted by molar-refractivity contribution is -0.105. The van der Waals surface area contributed by atoms with Gasteiger partial charge >= 0.3 is 0 Å². The summed E-state index contributed by atoms with van der Waals surface area (Å²) in [5.74, 6) is 0.592. The third-order valence-electron chi connectivity index (χ3n) is 3.19. The highest BCUT2D eigenvalue weighted by molar-refractivity contribution is 5.73. The van der Waals surface area contributed by atoms with Gasteiger partial charge in [-0.3, -0.25) is 4.79 Å². The van der Waals surface area contributed by atoms with Crippen LogP contribution in [0.3, 0.4) is 0 Å². The first-order chi connectivity index (χ1) is 7.63. The molecule has 0 saturated carbocycles. The molecule has 16 heavy (non-hydrogen) atoms. The summed E-state index contributed by atoms with van der Waals surface area (Å²) in [5.41, 5.74) is 3.69. The predicted molar refractivity (Wildman–Crippen MR) is 69.3 cm³/mol. The van der Waals surface area contributed by atoms with E-state index >= 15 is 0 Å². The topological polar surface area (TPSA) is 17.1 Å². The summed E-state index contributed by atoms with van der Waals surface area (Å²) in [4.78, 5) is 10.6. The molecule has 0 unspecified atom stereocenters. The van der Waals surface area contributed by atoms with Crippen molar-refractivity contribution in [1.82, 2.24) is 0 Å². The lowest BCUT2D eigenvalue weighted by Crippen LogP contribution is -2.08. The Morgan fingerprint density at radius 2 is 2.31 bits per heavy atom. The fourth-order valence-corrected chi connectivity index (χ4v) is 2.08. The van der Waals surface area contributed by atoms with Crippen molar-refractivity contribution in [3.63, 3.8) is 0 Å². The van der Waals surface area contributed by atoms with Crippen LogP contribution in [0, 0.1) is 5.92 Å². The second kappa shape index (κ2) is 6.47. The van der Waals surface area contributed by atoms with Crippen LogP contribution in [-0.2, 0) is 4.79 Å². The minimum Gasteiger partial charge on any atom is -0.298 e. The molecule has 1 aliphatic rings. The molecule has 0 amide bonds. The predicted octanol–water partition coefficient (Wildman–Crippen LogP) is 4.21. The summed E-state index contributed by atoms with van der Waals surface area (Å²) in [6, 6.07) is 0. The Bertz CT molecular complexity index is 316. The first kappa shape index (κ1) is 13.0. The molecule has 1 rings (SSSR count). The van der Waals surface area contributed by atoms with Gasteiger partial charge in [0.25, 0.3) is 0 Å². The number of carbonyl (C=O) groups is 1. The summed E-state index contributed by atoms with van der Waals surface area (Å²) in [7, 11) is 0. The van der Waals surface area contributed by atoms with Gasteiger partial charge in [0.05, 0.1) is 0 Å². The average Bonchev–Trinajstić information content (AvgIpc) is 2.28. The molecular weight excluding hydrogens is 196 g/mol. The largest absolute Gasteiger partial charge is 0.298 e. The highest BCUT2D eigenvalue weighted by atomic mass is 16.1. The maximum Gasteiger partial charge on any atom is 0.145 e. The Morgan fingerprint density at radius 1 is 1.56 bits per heavy atom. The van der Waals surface area contributed by atoms with Crippen LogP contribution in [-0.4, -0.2) is 6.29 Å². The zero-order valence-electron chi connectivity index (χ0n) is 10.5. The van der Waals surface area contributed by atoms with Crippen molar-refractivity contribution in [1.29, 1.82) is 0 Å². The summed E-state index contributed by atoms with van der Waals surface area (Å²) < 4.78 is 0. The van der Waals surface area contributed by atoms with Crippen LogP contribution in [0.4, 0.5) is 0 Å². The van der Waals surface area contributed by atoms with E-state index in [2.05, 4.69) is 32.6 Å². The molecule has 0 aromatic heterocycles. The van der Waals surface area contributed by atoms with Crippen LogP contribution in [0.5, 0.6) is 0 Å². The number of hydrogen-bond acceptors (Lipinski definition) is 1. The van der Waals surface area contributed by atoms with E-state index in [1.807, 2.05) is 0 Å². The lowest BCUT2D eigenvalue weighted by atomic mass is 9.83. The molecule has 0 N–H and O–H groups in total. The minimum atomic E-state index is 0.592. The van der Waals surface area contributed by atoms with E-state index in [1.54, 1.807) is 0 Å². The van der Waals surface area contributed by atoms with Gasteiger partial charge in [-0.2, -0.15) is 0 Å². The molecule has 0 spiro atoms. The van der Waals surface area contributed by atoms with Gasteiger partial charge in [-0.15, -0.1) is 0 Å². The highest BCUT2D eigenvalue weighted by Gasteiger charge is 2.16. The van der Waals surface area contributed by atoms with Gasteiger partial charge < -0.3 is 0 Å². The fourth-order valence-electron chi connectivity index (χ4n) is 2.08. The molecule has 1 heteroatoms. The molecule has 88 valence electrons. The van der Waals surface area contributed by atoms with E-state index in [4.69, 9.17) is 0 Å². The summed E-state index contributed by atoms with van der Waals surface area (Å²) in [6.07, 6.45) is 10.5. The van der Waals surface area contributed by atoms with Crippen LogP contribution >= 0.6 is 0 Å². The molecule has 1 nitrogen and oxygen atoms in total. The third-order valence-corrected chi connectivity index (χ3v) is 3.19. The van der Waals surface area contributed by atoms with Crippen LogP contribution < -0.4 is 0 Å². The van der Waals surface area contributed by atoms with Crippen molar-refractivity contribution >= 4 is 6.29 Å². The lowest BCUT2D eigenvalue weighted by Gasteiger charge is -2.21. The van der Waals surface area contributed by atoms with E-state index in [0.717, 1.165) is 44.0 Å². The van der Waals surface area contributed by atoms with Crippen LogP contribution in [0.2, 0.25) is 0 Å². The second-order valence-electron chi connectivity index (χ2n) is 4.85. The van der Waals surface area contributed by atoms with Crippen molar-refractivity contribution < 1.29 is 4.79 Å². The molecule has 0 aromatic carbocycles. The minimum absolute atomic E-state index is 0.592. The zero-order chi connectivity index (χ0) is 12.0. The highest BCUT2D eigenvalue weighted by Crippen LogP contribution is 2.29. The molecular formula is C15H22O. The molecule has 0 aromatic rings. The van der Waals surface area contributed by atoms with Gasteiger partial charge in [0, 0.05) is 0 Å². The number of hydrogen-bond donors (Lipinski definition) is 0. The van der Waals surface area contributed by atoms with Gasteiger partial charge in [-0.25, -0.2) is 0 Å². The van der Waals surface area contributed by atoms with Crippen LogP contribution in [0.1, 0.15) is 46.0 Å². The number of aldehydes is 1. The fraction of sp³-hybridized carbons (Fsp3) is 0.533. The van der Waals surface area contributed by atoms with Gasteiger partial charge in [-0.1, -0.05) is 29.9 Å². The van der Waals surface area contributed by atoms with Crippen molar-refractivity contribution in [2.45, 2.75) is 46.0 Å². The molecule has 0 aliphatic heterocycles. The first-order valence-electron chi connectivity index (χ1n) is 6.08. The molecule has 0 fully saturated rings. The van der Waals surface area contributed by atoms with E-state index in [1.165, 1.54) is 11.1 Å². The Kier molecular flexibility index (Phi) is 5.24. The van der Waals surface area contributed by atoms with E-state index in [9.17, 15) is 4.79 Å². The summed E-state index contributed by atoms with van der Waals surface area (Å²) >= 11 is 0. The molecule has 1 atom stereocenters. The van der Waals surface area contributed by atoms with Crippen molar-refractivity contribution in [2.24, 2.45) is 5.92 Å². The molecule has 0 radical (unpaired) electrons. The molecule has 0 heterocycles. The van der Waals surface area contributed by atoms with Crippen molar-refractivity contribution in [3.8, 4) is 0 Å². The smallest absolute Gasteiger partial charge is 0.145 e.